The number of nitro benzene ring substituents is 1. The van der Waals surface area contributed by atoms with Gasteiger partial charge in [-0.15, -0.1) is 0 Å². The van der Waals surface area contributed by atoms with Crippen LogP contribution in [0.4, 0.5) is 14.5 Å². The Balaban J connectivity index is 2.20. The summed E-state index contributed by atoms with van der Waals surface area (Å²) < 4.78 is 31.0. The molecule has 0 bridgehead atoms. The summed E-state index contributed by atoms with van der Waals surface area (Å²) in [5.41, 5.74) is -0.0900. The van der Waals surface area contributed by atoms with E-state index < -0.39 is 16.6 Å². The summed E-state index contributed by atoms with van der Waals surface area (Å²) in [6.07, 6.45) is 0. The van der Waals surface area contributed by atoms with Crippen molar-refractivity contribution in [2.45, 2.75) is 0 Å². The molecular weight excluding hydrogens is 244 g/mol. The van der Waals surface area contributed by atoms with Crippen molar-refractivity contribution in [3.8, 4) is 11.5 Å². The number of hydrogen-bond acceptors (Lipinski definition) is 3. The van der Waals surface area contributed by atoms with Crippen LogP contribution in [0.3, 0.4) is 0 Å². The van der Waals surface area contributed by atoms with Crippen LogP contribution >= 0.6 is 0 Å². The van der Waals surface area contributed by atoms with Gasteiger partial charge < -0.3 is 4.74 Å². The molecule has 92 valence electrons. The molecule has 0 radical (unpaired) electrons. The second kappa shape index (κ2) is 4.79. The Hall–Kier alpha value is -2.50. The van der Waals surface area contributed by atoms with Crippen LogP contribution < -0.4 is 4.74 Å². The van der Waals surface area contributed by atoms with Gasteiger partial charge in [-0.3, -0.25) is 10.1 Å². The fraction of sp³-hybridized carbons (Fsp3) is 0. The van der Waals surface area contributed by atoms with Crippen LogP contribution in [0.25, 0.3) is 0 Å². The first-order chi connectivity index (χ1) is 8.54. The van der Waals surface area contributed by atoms with Gasteiger partial charge in [-0.05, 0) is 12.1 Å². The molecule has 0 saturated heterocycles. The van der Waals surface area contributed by atoms with Crippen LogP contribution in [0, 0.1) is 21.7 Å². The number of benzene rings is 2. The Morgan fingerprint density at radius 2 is 1.50 bits per heavy atom. The van der Waals surface area contributed by atoms with E-state index in [-0.39, 0.29) is 17.2 Å². The van der Waals surface area contributed by atoms with Crippen molar-refractivity contribution >= 4 is 5.69 Å². The van der Waals surface area contributed by atoms with Gasteiger partial charge in [0.05, 0.1) is 4.92 Å². The second-order valence-corrected chi connectivity index (χ2v) is 3.46. The Morgan fingerprint density at radius 1 is 0.944 bits per heavy atom. The molecule has 0 amide bonds. The van der Waals surface area contributed by atoms with Gasteiger partial charge in [0.15, 0.2) is 0 Å². The molecule has 0 aliphatic carbocycles. The van der Waals surface area contributed by atoms with E-state index in [9.17, 15) is 18.9 Å². The molecule has 0 unspecified atom stereocenters. The molecule has 0 heterocycles. The second-order valence-electron chi connectivity index (χ2n) is 3.46. The quantitative estimate of drug-likeness (QED) is 0.617. The zero-order valence-corrected chi connectivity index (χ0v) is 8.97. The van der Waals surface area contributed by atoms with E-state index in [1.54, 1.807) is 0 Å². The van der Waals surface area contributed by atoms with Crippen molar-refractivity contribution in [1.82, 2.24) is 0 Å². The number of hydrogen-bond donors (Lipinski definition) is 0. The summed E-state index contributed by atoms with van der Waals surface area (Å²) in [6.45, 7) is 0. The molecule has 2 rings (SSSR count). The van der Waals surface area contributed by atoms with Crippen LogP contribution in [0.15, 0.2) is 42.5 Å². The minimum Gasteiger partial charge on any atom is -0.457 e. The van der Waals surface area contributed by atoms with E-state index in [0.717, 1.165) is 18.2 Å². The number of non-ortho nitro benzene ring substituents is 1. The van der Waals surface area contributed by atoms with Gasteiger partial charge in [0, 0.05) is 30.3 Å². The summed E-state index contributed by atoms with van der Waals surface area (Å²) in [5, 5.41) is 10.4. The lowest BCUT2D eigenvalue weighted by Crippen LogP contribution is -1.89. The third-order valence-electron chi connectivity index (χ3n) is 2.12. The van der Waals surface area contributed by atoms with Gasteiger partial charge in [-0.25, -0.2) is 8.78 Å². The third-order valence-corrected chi connectivity index (χ3v) is 2.12. The van der Waals surface area contributed by atoms with E-state index >= 15 is 0 Å². The number of nitro groups is 1. The largest absolute Gasteiger partial charge is 0.457 e. The van der Waals surface area contributed by atoms with E-state index in [2.05, 4.69) is 0 Å². The summed E-state index contributed by atoms with van der Waals surface area (Å²) in [4.78, 5) is 9.88. The summed E-state index contributed by atoms with van der Waals surface area (Å²) in [6, 6.07) is 7.94. The number of halogens is 2. The first-order valence-corrected chi connectivity index (χ1v) is 4.93. The molecule has 6 heteroatoms. The van der Waals surface area contributed by atoms with Crippen LogP contribution in [-0.4, -0.2) is 4.92 Å². The SMILES string of the molecule is O=[N+]([O-])c1ccc(Oc2cc(F)cc(F)c2)cc1. The molecule has 2 aromatic rings. The molecule has 4 nitrogen and oxygen atoms in total. The topological polar surface area (TPSA) is 52.4 Å². The first-order valence-electron chi connectivity index (χ1n) is 4.93. The minimum atomic E-state index is -0.757. The lowest BCUT2D eigenvalue weighted by atomic mass is 10.3. The highest BCUT2D eigenvalue weighted by molar-refractivity contribution is 5.38. The number of ether oxygens (including phenoxy) is 1. The molecule has 2 aromatic carbocycles. The average Bonchev–Trinajstić information content (AvgIpc) is 2.28. The van der Waals surface area contributed by atoms with Gasteiger partial charge in [-0.2, -0.15) is 0 Å². The number of rotatable bonds is 3. The van der Waals surface area contributed by atoms with Crippen molar-refractivity contribution in [2.75, 3.05) is 0 Å². The zero-order chi connectivity index (χ0) is 13.1. The Kier molecular flexibility index (Phi) is 3.18. The highest BCUT2D eigenvalue weighted by Gasteiger charge is 2.06. The van der Waals surface area contributed by atoms with Crippen LogP contribution in [0.1, 0.15) is 0 Å². The van der Waals surface area contributed by atoms with Crippen molar-refractivity contribution < 1.29 is 18.4 Å². The Labute approximate surface area is 101 Å². The molecule has 0 atom stereocenters. The van der Waals surface area contributed by atoms with Crippen molar-refractivity contribution in [3.63, 3.8) is 0 Å². The molecule has 0 aliphatic rings. The van der Waals surface area contributed by atoms with Crippen molar-refractivity contribution in [1.29, 1.82) is 0 Å². The first kappa shape index (κ1) is 12.0. The van der Waals surface area contributed by atoms with E-state index in [1.807, 2.05) is 0 Å². The van der Waals surface area contributed by atoms with E-state index in [1.165, 1.54) is 24.3 Å². The molecular formula is C12H7F2NO3. The van der Waals surface area contributed by atoms with E-state index in [4.69, 9.17) is 4.74 Å². The highest BCUT2D eigenvalue weighted by Crippen LogP contribution is 2.25. The molecule has 0 saturated carbocycles. The van der Waals surface area contributed by atoms with Gasteiger partial charge in [-0.1, -0.05) is 0 Å². The lowest BCUT2D eigenvalue weighted by Gasteiger charge is -2.05. The van der Waals surface area contributed by atoms with Crippen LogP contribution in [0.5, 0.6) is 11.5 Å². The van der Waals surface area contributed by atoms with Gasteiger partial charge in [0.25, 0.3) is 5.69 Å². The maximum Gasteiger partial charge on any atom is 0.269 e. The minimum absolute atomic E-state index is 0.0126. The Morgan fingerprint density at radius 3 is 2.00 bits per heavy atom. The fourth-order valence-electron chi connectivity index (χ4n) is 1.36. The van der Waals surface area contributed by atoms with Crippen molar-refractivity contribution in [2.24, 2.45) is 0 Å². The summed E-state index contributed by atoms with van der Waals surface area (Å²) in [7, 11) is 0. The predicted octanol–water partition coefficient (Wildman–Crippen LogP) is 3.67. The normalized spacial score (nSPS) is 10.1. The van der Waals surface area contributed by atoms with Gasteiger partial charge >= 0.3 is 0 Å². The summed E-state index contributed by atoms with van der Waals surface area (Å²) >= 11 is 0. The third kappa shape index (κ3) is 2.79. The molecule has 0 aliphatic heterocycles. The molecule has 18 heavy (non-hydrogen) atoms. The molecule has 0 N–H and O–H groups in total. The average molecular weight is 251 g/mol. The Bertz CT molecular complexity index is 564. The molecule has 0 spiro atoms. The molecule has 0 aromatic heterocycles. The summed E-state index contributed by atoms with van der Waals surface area (Å²) in [5.74, 6) is -1.27. The maximum absolute atomic E-state index is 12.9. The van der Waals surface area contributed by atoms with Crippen LogP contribution in [-0.2, 0) is 0 Å². The van der Waals surface area contributed by atoms with Gasteiger partial charge in [0.1, 0.15) is 23.1 Å². The van der Waals surface area contributed by atoms with Crippen molar-refractivity contribution in [3.05, 3.63) is 64.2 Å². The highest BCUT2D eigenvalue weighted by atomic mass is 19.1. The monoisotopic (exact) mass is 251 g/mol. The smallest absolute Gasteiger partial charge is 0.269 e. The van der Waals surface area contributed by atoms with Crippen LogP contribution in [0.2, 0.25) is 0 Å². The van der Waals surface area contributed by atoms with Gasteiger partial charge in [0.2, 0.25) is 0 Å². The predicted molar refractivity (Wildman–Crippen MR) is 59.5 cm³/mol. The zero-order valence-electron chi connectivity index (χ0n) is 8.97. The lowest BCUT2D eigenvalue weighted by molar-refractivity contribution is -0.384. The molecule has 0 fully saturated rings. The standard InChI is InChI=1S/C12H7F2NO3/c13-8-5-9(14)7-12(6-8)18-11-3-1-10(2-4-11)15(16)17/h1-7H. The maximum atomic E-state index is 12.9. The fourth-order valence-corrected chi connectivity index (χ4v) is 1.36. The number of nitrogens with zero attached hydrogens (tertiary/aromatic N) is 1. The van der Waals surface area contributed by atoms with E-state index in [0.29, 0.717) is 0 Å².